The summed E-state index contributed by atoms with van der Waals surface area (Å²) in [7, 11) is 1.87. The van der Waals surface area contributed by atoms with Crippen LogP contribution in [0.2, 0.25) is 0 Å². The SMILES string of the molecule is CN1CC[C@@H](C=O)[C@@H](F)C1. The molecule has 0 spiro atoms. The number of aldehydes is 1. The minimum absolute atomic E-state index is 0.351. The number of piperidine rings is 1. The van der Waals surface area contributed by atoms with Gasteiger partial charge >= 0.3 is 0 Å². The van der Waals surface area contributed by atoms with Crippen molar-refractivity contribution in [3.63, 3.8) is 0 Å². The summed E-state index contributed by atoms with van der Waals surface area (Å²) in [6, 6.07) is 0. The van der Waals surface area contributed by atoms with Gasteiger partial charge in [0.1, 0.15) is 12.5 Å². The second-order valence-electron chi connectivity index (χ2n) is 2.87. The number of hydrogen-bond acceptors (Lipinski definition) is 2. The first-order valence-electron chi connectivity index (χ1n) is 3.52. The normalized spacial score (nSPS) is 35.8. The van der Waals surface area contributed by atoms with Crippen LogP contribution in [0.4, 0.5) is 4.39 Å². The summed E-state index contributed by atoms with van der Waals surface area (Å²) in [6.45, 7) is 1.24. The fraction of sp³-hybridized carbons (Fsp3) is 0.857. The van der Waals surface area contributed by atoms with Crippen LogP contribution in [0, 0.1) is 5.92 Å². The van der Waals surface area contributed by atoms with E-state index in [0.29, 0.717) is 13.0 Å². The summed E-state index contributed by atoms with van der Waals surface area (Å²) in [5, 5.41) is 0. The predicted octanol–water partition coefficient (Wildman–Crippen LogP) is 0.475. The summed E-state index contributed by atoms with van der Waals surface area (Å²) in [5.74, 6) is -0.351. The van der Waals surface area contributed by atoms with Gasteiger partial charge in [-0.15, -0.1) is 0 Å². The molecule has 0 bridgehead atoms. The number of carbonyl (C=O) groups is 1. The lowest BCUT2D eigenvalue weighted by atomic mass is 9.97. The minimum atomic E-state index is -0.948. The molecule has 1 saturated heterocycles. The Morgan fingerprint density at radius 3 is 2.90 bits per heavy atom. The van der Waals surface area contributed by atoms with Gasteiger partial charge in [-0.25, -0.2) is 4.39 Å². The van der Waals surface area contributed by atoms with Crippen LogP contribution in [0.15, 0.2) is 0 Å². The molecular weight excluding hydrogens is 133 g/mol. The van der Waals surface area contributed by atoms with Crippen LogP contribution in [-0.4, -0.2) is 37.5 Å². The summed E-state index contributed by atoms with van der Waals surface area (Å²) >= 11 is 0. The first-order valence-corrected chi connectivity index (χ1v) is 3.52. The van der Waals surface area contributed by atoms with Crippen molar-refractivity contribution in [3.05, 3.63) is 0 Å². The first kappa shape index (κ1) is 7.66. The molecule has 2 atom stereocenters. The lowest BCUT2D eigenvalue weighted by molar-refractivity contribution is -0.114. The maximum absolute atomic E-state index is 12.8. The molecule has 10 heavy (non-hydrogen) atoms. The van der Waals surface area contributed by atoms with E-state index in [1.54, 1.807) is 0 Å². The third-order valence-corrected chi connectivity index (χ3v) is 1.97. The van der Waals surface area contributed by atoms with Crippen LogP contribution in [0.1, 0.15) is 6.42 Å². The molecule has 0 saturated carbocycles. The molecule has 1 heterocycles. The van der Waals surface area contributed by atoms with Gasteiger partial charge in [0.05, 0.1) is 0 Å². The maximum Gasteiger partial charge on any atom is 0.126 e. The van der Waals surface area contributed by atoms with Gasteiger partial charge in [0.25, 0.3) is 0 Å². The van der Waals surface area contributed by atoms with Crippen LogP contribution < -0.4 is 0 Å². The molecule has 0 radical (unpaired) electrons. The molecule has 1 aliphatic rings. The molecule has 2 nitrogen and oxygen atoms in total. The topological polar surface area (TPSA) is 20.3 Å². The van der Waals surface area contributed by atoms with Crippen molar-refractivity contribution in [2.75, 3.05) is 20.1 Å². The Morgan fingerprint density at radius 2 is 2.40 bits per heavy atom. The molecule has 0 aromatic rings. The highest BCUT2D eigenvalue weighted by molar-refractivity contribution is 5.54. The fourth-order valence-corrected chi connectivity index (χ4v) is 1.23. The molecule has 58 valence electrons. The van der Waals surface area contributed by atoms with E-state index in [-0.39, 0.29) is 5.92 Å². The van der Waals surface area contributed by atoms with Gasteiger partial charge in [-0.05, 0) is 20.0 Å². The Labute approximate surface area is 60.0 Å². The highest BCUT2D eigenvalue weighted by Gasteiger charge is 2.26. The van der Waals surface area contributed by atoms with Gasteiger partial charge in [-0.2, -0.15) is 0 Å². The van der Waals surface area contributed by atoms with E-state index >= 15 is 0 Å². The third-order valence-electron chi connectivity index (χ3n) is 1.97. The molecule has 1 aliphatic heterocycles. The zero-order chi connectivity index (χ0) is 7.56. The van der Waals surface area contributed by atoms with E-state index in [9.17, 15) is 9.18 Å². The lowest BCUT2D eigenvalue weighted by Crippen LogP contribution is -2.39. The predicted molar refractivity (Wildman–Crippen MR) is 36.6 cm³/mol. The van der Waals surface area contributed by atoms with Gasteiger partial charge in [0.15, 0.2) is 0 Å². The van der Waals surface area contributed by atoms with Crippen LogP contribution in [0.5, 0.6) is 0 Å². The molecule has 0 N–H and O–H groups in total. The summed E-state index contributed by atoms with van der Waals surface area (Å²) in [6.07, 6.45) is 0.454. The van der Waals surface area contributed by atoms with Crippen molar-refractivity contribution >= 4 is 6.29 Å². The van der Waals surface area contributed by atoms with Gasteiger partial charge < -0.3 is 9.69 Å². The van der Waals surface area contributed by atoms with Crippen molar-refractivity contribution in [1.29, 1.82) is 0 Å². The van der Waals surface area contributed by atoms with Crippen LogP contribution in [-0.2, 0) is 4.79 Å². The lowest BCUT2D eigenvalue weighted by Gasteiger charge is -2.28. The van der Waals surface area contributed by atoms with Crippen LogP contribution in [0.25, 0.3) is 0 Å². The standard InChI is InChI=1S/C7H12FNO/c1-9-3-2-6(5-10)7(8)4-9/h5-7H,2-4H2,1H3/t6-,7-/m0/s1. The van der Waals surface area contributed by atoms with E-state index in [1.165, 1.54) is 0 Å². The molecule has 0 amide bonds. The number of alkyl halides is 1. The Kier molecular flexibility index (Phi) is 2.38. The second kappa shape index (κ2) is 3.10. The number of hydrogen-bond donors (Lipinski definition) is 0. The number of halogens is 1. The average Bonchev–Trinajstić information content (AvgIpc) is 1.88. The van der Waals surface area contributed by atoms with E-state index in [0.717, 1.165) is 12.8 Å². The second-order valence-corrected chi connectivity index (χ2v) is 2.87. The van der Waals surface area contributed by atoms with Gasteiger partial charge in [-0.3, -0.25) is 0 Å². The molecule has 1 fully saturated rings. The summed E-state index contributed by atoms with van der Waals surface area (Å²) in [5.41, 5.74) is 0. The molecular formula is C7H12FNO. The first-order chi connectivity index (χ1) is 4.74. The van der Waals surface area contributed by atoms with Crippen molar-refractivity contribution in [2.45, 2.75) is 12.6 Å². The maximum atomic E-state index is 12.8. The largest absolute Gasteiger partial charge is 0.303 e. The molecule has 0 aromatic carbocycles. The Balaban J connectivity index is 2.43. The monoisotopic (exact) mass is 145 g/mol. The zero-order valence-electron chi connectivity index (χ0n) is 6.09. The summed E-state index contributed by atoms with van der Waals surface area (Å²) < 4.78 is 12.8. The van der Waals surface area contributed by atoms with Crippen molar-refractivity contribution in [2.24, 2.45) is 5.92 Å². The molecule has 1 rings (SSSR count). The van der Waals surface area contributed by atoms with Crippen molar-refractivity contribution in [1.82, 2.24) is 4.90 Å². The van der Waals surface area contributed by atoms with Crippen LogP contribution in [0.3, 0.4) is 0 Å². The fourth-order valence-electron chi connectivity index (χ4n) is 1.23. The average molecular weight is 145 g/mol. The Morgan fingerprint density at radius 1 is 1.70 bits per heavy atom. The third kappa shape index (κ3) is 1.53. The molecule has 0 unspecified atom stereocenters. The van der Waals surface area contributed by atoms with E-state index in [1.807, 2.05) is 11.9 Å². The highest BCUT2D eigenvalue weighted by Crippen LogP contribution is 2.16. The van der Waals surface area contributed by atoms with Gasteiger partial charge in [-0.1, -0.05) is 0 Å². The molecule has 0 aromatic heterocycles. The van der Waals surface area contributed by atoms with Crippen molar-refractivity contribution in [3.8, 4) is 0 Å². The van der Waals surface area contributed by atoms with Gasteiger partial charge in [0.2, 0.25) is 0 Å². The number of likely N-dealkylation sites (tertiary alicyclic amines) is 1. The van der Waals surface area contributed by atoms with E-state index < -0.39 is 6.17 Å². The number of nitrogens with zero attached hydrogens (tertiary/aromatic N) is 1. The summed E-state index contributed by atoms with van der Waals surface area (Å²) in [4.78, 5) is 12.1. The highest BCUT2D eigenvalue weighted by atomic mass is 19.1. The van der Waals surface area contributed by atoms with Crippen LogP contribution >= 0.6 is 0 Å². The molecule has 3 heteroatoms. The zero-order valence-corrected chi connectivity index (χ0v) is 6.09. The molecule has 0 aliphatic carbocycles. The van der Waals surface area contributed by atoms with Crippen molar-refractivity contribution < 1.29 is 9.18 Å². The van der Waals surface area contributed by atoms with E-state index in [4.69, 9.17) is 0 Å². The smallest absolute Gasteiger partial charge is 0.126 e. The number of rotatable bonds is 1. The Bertz CT molecular complexity index is 129. The quantitative estimate of drug-likeness (QED) is 0.500. The number of carbonyl (C=O) groups excluding carboxylic acids is 1. The van der Waals surface area contributed by atoms with Gasteiger partial charge in [0, 0.05) is 12.5 Å². The minimum Gasteiger partial charge on any atom is -0.303 e. The Hall–Kier alpha value is -0.440. The van der Waals surface area contributed by atoms with E-state index in [2.05, 4.69) is 0 Å².